The van der Waals surface area contributed by atoms with Crippen molar-refractivity contribution in [1.29, 1.82) is 0 Å². The highest BCUT2D eigenvalue weighted by molar-refractivity contribution is 7.10. The van der Waals surface area contributed by atoms with Gasteiger partial charge in [-0.15, -0.1) is 11.3 Å². The normalized spacial score (nSPS) is 12.0. The van der Waals surface area contributed by atoms with Gasteiger partial charge >= 0.3 is 6.18 Å². The van der Waals surface area contributed by atoms with Gasteiger partial charge in [0.15, 0.2) is 0 Å². The van der Waals surface area contributed by atoms with Crippen LogP contribution in [0.2, 0.25) is 0 Å². The van der Waals surface area contributed by atoms with Crippen LogP contribution in [0.15, 0.2) is 23.8 Å². The smallest absolute Gasteiger partial charge is 0.356 e. The lowest BCUT2D eigenvalue weighted by Crippen LogP contribution is -2.17. The van der Waals surface area contributed by atoms with Gasteiger partial charge < -0.3 is 9.88 Å². The van der Waals surface area contributed by atoms with E-state index in [1.165, 1.54) is 29.1 Å². The third kappa shape index (κ3) is 4.37. The van der Waals surface area contributed by atoms with Crippen LogP contribution in [-0.2, 0) is 19.6 Å². The van der Waals surface area contributed by atoms with Crippen molar-refractivity contribution in [2.45, 2.75) is 32.9 Å². The molecule has 7 heteroatoms. The molecule has 0 atom stereocenters. The topological polar surface area (TPSA) is 34.0 Å². The van der Waals surface area contributed by atoms with Crippen LogP contribution in [0.25, 0.3) is 0 Å². The fourth-order valence-corrected chi connectivity index (χ4v) is 3.10. The number of hydrogen-bond acceptors (Lipinski definition) is 2. The zero-order valence-corrected chi connectivity index (χ0v) is 14.0. The van der Waals surface area contributed by atoms with Crippen LogP contribution in [0.1, 0.15) is 41.1 Å². The van der Waals surface area contributed by atoms with Gasteiger partial charge in [0.05, 0.1) is 16.8 Å². The number of rotatable bonds is 5. The van der Waals surface area contributed by atoms with Crippen LogP contribution in [0, 0.1) is 5.92 Å². The first-order valence-corrected chi connectivity index (χ1v) is 8.17. The summed E-state index contributed by atoms with van der Waals surface area (Å²) in [4.78, 5) is 13.2. The van der Waals surface area contributed by atoms with Gasteiger partial charge in [-0.05, 0) is 30.2 Å². The molecule has 1 amide bonds. The number of anilines is 1. The Morgan fingerprint density at radius 3 is 2.65 bits per heavy atom. The molecule has 0 radical (unpaired) electrons. The Hall–Kier alpha value is -1.76. The number of amides is 1. The summed E-state index contributed by atoms with van der Waals surface area (Å²) >= 11 is 1.50. The Labute approximate surface area is 137 Å². The van der Waals surface area contributed by atoms with Gasteiger partial charge in [0.2, 0.25) is 0 Å². The molecule has 0 bridgehead atoms. The lowest BCUT2D eigenvalue weighted by atomic mass is 10.1. The van der Waals surface area contributed by atoms with Crippen molar-refractivity contribution in [3.8, 4) is 0 Å². The molecule has 0 aliphatic rings. The number of carbonyl (C=O) groups is 1. The van der Waals surface area contributed by atoms with E-state index < -0.39 is 17.6 Å². The van der Waals surface area contributed by atoms with Gasteiger partial charge in [0, 0.05) is 24.3 Å². The van der Waals surface area contributed by atoms with E-state index in [2.05, 4.69) is 19.2 Å². The monoisotopic (exact) mass is 344 g/mol. The molecule has 0 saturated heterocycles. The van der Waals surface area contributed by atoms with Crippen molar-refractivity contribution >= 4 is 22.9 Å². The highest BCUT2D eigenvalue weighted by Crippen LogP contribution is 2.33. The number of halogens is 3. The van der Waals surface area contributed by atoms with Gasteiger partial charge in [-0.3, -0.25) is 4.79 Å². The number of aryl methyl sites for hydroxylation is 2. The minimum absolute atomic E-state index is 0.360. The largest absolute Gasteiger partial charge is 0.418 e. The van der Waals surface area contributed by atoms with Crippen LogP contribution in [0.4, 0.5) is 18.9 Å². The Balaban J connectivity index is 2.19. The van der Waals surface area contributed by atoms with Crippen LogP contribution >= 0.6 is 11.3 Å². The van der Waals surface area contributed by atoms with E-state index in [1.54, 1.807) is 6.07 Å². The fourth-order valence-electron chi connectivity index (χ4n) is 2.25. The fraction of sp³-hybridized carbons (Fsp3) is 0.438. The number of alkyl halides is 3. The lowest BCUT2D eigenvalue weighted by Gasteiger charge is -2.10. The third-order valence-corrected chi connectivity index (χ3v) is 4.43. The molecule has 23 heavy (non-hydrogen) atoms. The maximum Gasteiger partial charge on any atom is 0.418 e. The summed E-state index contributed by atoms with van der Waals surface area (Å²) in [6, 6.07) is 1.73. The first-order valence-electron chi connectivity index (χ1n) is 7.29. The number of aromatic nitrogens is 1. The van der Waals surface area contributed by atoms with Crippen molar-refractivity contribution in [2.24, 2.45) is 13.0 Å². The molecule has 126 valence electrons. The zero-order valence-electron chi connectivity index (χ0n) is 13.2. The molecule has 0 fully saturated rings. The quantitative estimate of drug-likeness (QED) is 0.818. The van der Waals surface area contributed by atoms with Crippen molar-refractivity contribution < 1.29 is 18.0 Å². The second kappa shape index (κ2) is 6.78. The van der Waals surface area contributed by atoms with E-state index in [-0.39, 0.29) is 5.56 Å². The average Bonchev–Trinajstić information content (AvgIpc) is 3.02. The summed E-state index contributed by atoms with van der Waals surface area (Å²) < 4.78 is 40.2. The summed E-state index contributed by atoms with van der Waals surface area (Å²) in [6.07, 6.45) is -0.683. The molecule has 2 rings (SSSR count). The number of nitrogens with one attached hydrogen (secondary N) is 1. The van der Waals surface area contributed by atoms with Crippen LogP contribution < -0.4 is 5.32 Å². The van der Waals surface area contributed by atoms with Crippen LogP contribution in [-0.4, -0.2) is 10.5 Å². The highest BCUT2D eigenvalue weighted by atomic mass is 32.1. The van der Waals surface area contributed by atoms with E-state index in [9.17, 15) is 18.0 Å². The van der Waals surface area contributed by atoms with Crippen LogP contribution in [0.5, 0.6) is 0 Å². The van der Waals surface area contributed by atoms with Gasteiger partial charge in [0.1, 0.15) is 0 Å². The average molecular weight is 344 g/mol. The van der Waals surface area contributed by atoms with Gasteiger partial charge in [-0.1, -0.05) is 13.8 Å². The minimum Gasteiger partial charge on any atom is -0.356 e. The molecular formula is C16H19F3N2OS. The molecule has 0 aliphatic heterocycles. The van der Waals surface area contributed by atoms with E-state index >= 15 is 0 Å². The Bertz CT molecular complexity index is 686. The summed E-state index contributed by atoms with van der Waals surface area (Å²) in [5.41, 5.74) is -0.685. The van der Waals surface area contributed by atoms with E-state index in [4.69, 9.17) is 0 Å². The number of nitrogens with zero attached hydrogens (tertiary/aromatic N) is 1. The predicted molar refractivity (Wildman–Crippen MR) is 85.8 cm³/mol. The van der Waals surface area contributed by atoms with Crippen molar-refractivity contribution in [3.63, 3.8) is 0 Å². The van der Waals surface area contributed by atoms with Crippen molar-refractivity contribution in [3.05, 3.63) is 39.8 Å². The Morgan fingerprint density at radius 1 is 1.35 bits per heavy atom. The minimum atomic E-state index is -4.55. The molecular weight excluding hydrogens is 325 g/mol. The van der Waals surface area contributed by atoms with Crippen molar-refractivity contribution in [2.75, 3.05) is 5.32 Å². The second-order valence-corrected chi connectivity index (χ2v) is 6.89. The molecule has 3 nitrogen and oxygen atoms in total. The first kappa shape index (κ1) is 17.6. The molecule has 2 heterocycles. The van der Waals surface area contributed by atoms with Crippen molar-refractivity contribution in [1.82, 2.24) is 4.57 Å². The van der Waals surface area contributed by atoms with E-state index in [0.29, 0.717) is 11.6 Å². The molecule has 1 N–H and O–H groups in total. The molecule has 0 aromatic carbocycles. The molecule has 0 saturated carbocycles. The highest BCUT2D eigenvalue weighted by Gasteiger charge is 2.36. The molecule has 2 aromatic rings. The van der Waals surface area contributed by atoms with E-state index in [1.807, 2.05) is 5.38 Å². The number of hydrogen-bond donors (Lipinski definition) is 1. The predicted octanol–water partition coefficient (Wildman–Crippen LogP) is 4.95. The molecule has 0 spiro atoms. The maximum atomic E-state index is 13.0. The molecule has 2 aromatic heterocycles. The number of carbonyl (C=O) groups excluding carboxylic acids is 1. The third-order valence-electron chi connectivity index (χ3n) is 3.45. The summed E-state index contributed by atoms with van der Waals surface area (Å²) in [5, 5.41) is 4.45. The number of thiophene rings is 1. The zero-order chi connectivity index (χ0) is 17.2. The Kier molecular flexibility index (Phi) is 5.19. The summed E-state index contributed by atoms with van der Waals surface area (Å²) in [5.74, 6) is -0.214. The molecule has 0 unspecified atom stereocenters. The summed E-state index contributed by atoms with van der Waals surface area (Å²) in [6.45, 7) is 4.21. The van der Waals surface area contributed by atoms with Gasteiger partial charge in [-0.2, -0.15) is 13.2 Å². The maximum absolute atomic E-state index is 13.0. The first-order chi connectivity index (χ1) is 10.7. The molecule has 0 aliphatic carbocycles. The van der Waals surface area contributed by atoms with E-state index in [0.717, 1.165) is 23.9 Å². The SMILES string of the molecule is CC(C)CCc1sccc1NC(=O)c1cn(C)cc1C(F)(F)F. The standard InChI is InChI=1S/C16H19F3N2OS/c1-10(2)4-5-14-13(6-7-23-14)20-15(22)11-8-21(3)9-12(11)16(17,18)19/h6-10H,4-5H2,1-3H3,(H,20,22). The van der Waals surface area contributed by atoms with Gasteiger partial charge in [-0.25, -0.2) is 0 Å². The second-order valence-electron chi connectivity index (χ2n) is 5.89. The Morgan fingerprint density at radius 2 is 2.04 bits per heavy atom. The summed E-state index contributed by atoms with van der Waals surface area (Å²) in [7, 11) is 1.46. The van der Waals surface area contributed by atoms with Gasteiger partial charge in [0.25, 0.3) is 5.91 Å². The van der Waals surface area contributed by atoms with Crippen LogP contribution in [0.3, 0.4) is 0 Å². The lowest BCUT2D eigenvalue weighted by molar-refractivity contribution is -0.137.